The van der Waals surface area contributed by atoms with E-state index in [4.69, 9.17) is 0 Å². The number of amides is 1. The molecule has 0 aliphatic heterocycles. The highest BCUT2D eigenvalue weighted by molar-refractivity contribution is 7.90. The minimum absolute atomic E-state index is 0.0665. The normalized spacial score (nSPS) is 34.6. The van der Waals surface area contributed by atoms with Gasteiger partial charge in [-0.3, -0.25) is 10.1 Å². The Bertz CT molecular complexity index is 820. The molecular formula is C20H28N2O4S. The number of sulfone groups is 1. The smallest absolute Gasteiger partial charge is 0.251 e. The molecule has 0 saturated heterocycles. The number of rotatable bonds is 6. The van der Waals surface area contributed by atoms with Gasteiger partial charge in [0.2, 0.25) is 0 Å². The zero-order valence-electron chi connectivity index (χ0n) is 15.7. The van der Waals surface area contributed by atoms with Gasteiger partial charge in [0.15, 0.2) is 9.84 Å². The Kier molecular flexibility index (Phi) is 4.60. The fraction of sp³-hybridized carbons (Fsp3) is 0.650. The molecule has 5 rings (SSSR count). The van der Waals surface area contributed by atoms with Gasteiger partial charge in [-0.2, -0.15) is 0 Å². The molecule has 7 heteroatoms. The first-order chi connectivity index (χ1) is 12.6. The van der Waals surface area contributed by atoms with Crippen molar-refractivity contribution in [2.45, 2.75) is 56.2 Å². The predicted octanol–water partition coefficient (Wildman–Crippen LogP) is 1.59. The van der Waals surface area contributed by atoms with Crippen LogP contribution >= 0.6 is 0 Å². The zero-order valence-corrected chi connectivity index (χ0v) is 16.5. The number of hydrogen-bond donors (Lipinski definition) is 3. The molecule has 27 heavy (non-hydrogen) atoms. The van der Waals surface area contributed by atoms with Crippen LogP contribution in [0.3, 0.4) is 0 Å². The lowest BCUT2D eigenvalue weighted by molar-refractivity contribution is -0.139. The number of aliphatic hydroxyl groups is 1. The maximum atomic E-state index is 12.8. The van der Waals surface area contributed by atoms with E-state index in [1.54, 1.807) is 12.1 Å². The molecule has 4 aliphatic rings. The second kappa shape index (κ2) is 6.57. The molecule has 0 aromatic heterocycles. The molecule has 3 N–H and O–H groups in total. The molecular weight excluding hydrogens is 364 g/mol. The summed E-state index contributed by atoms with van der Waals surface area (Å²) in [5, 5.41) is 17.0. The number of carbonyl (C=O) groups excluding carboxylic acids is 1. The molecule has 6 nitrogen and oxygen atoms in total. The molecule has 1 aromatic carbocycles. The van der Waals surface area contributed by atoms with E-state index in [-0.39, 0.29) is 17.3 Å². The summed E-state index contributed by atoms with van der Waals surface area (Å²) in [4.78, 5) is 12.8. The third kappa shape index (κ3) is 4.20. The molecule has 1 aromatic rings. The predicted molar refractivity (Wildman–Crippen MR) is 103 cm³/mol. The Morgan fingerprint density at radius 3 is 2.33 bits per heavy atom. The Balaban J connectivity index is 1.39. The minimum atomic E-state index is -3.04. The van der Waals surface area contributed by atoms with Crippen molar-refractivity contribution in [3.05, 3.63) is 35.4 Å². The summed E-state index contributed by atoms with van der Waals surface area (Å²) in [7, 11) is -3.04. The van der Waals surface area contributed by atoms with E-state index in [1.807, 2.05) is 12.1 Å². The van der Waals surface area contributed by atoms with Crippen LogP contribution in [-0.2, 0) is 16.4 Å². The summed E-state index contributed by atoms with van der Waals surface area (Å²) in [6.07, 6.45) is 6.78. The average Bonchev–Trinajstić information content (AvgIpc) is 2.51. The van der Waals surface area contributed by atoms with Gasteiger partial charge in [-0.1, -0.05) is 12.1 Å². The largest absolute Gasteiger partial charge is 0.390 e. The van der Waals surface area contributed by atoms with Crippen molar-refractivity contribution in [3.8, 4) is 0 Å². The lowest BCUT2D eigenvalue weighted by Crippen LogP contribution is -2.65. The van der Waals surface area contributed by atoms with Crippen LogP contribution < -0.4 is 10.6 Å². The molecule has 148 valence electrons. The highest BCUT2D eigenvalue weighted by Gasteiger charge is 2.57. The average molecular weight is 393 g/mol. The van der Waals surface area contributed by atoms with Crippen molar-refractivity contribution in [2.24, 2.45) is 11.8 Å². The Hall–Kier alpha value is -1.44. The van der Waals surface area contributed by atoms with Gasteiger partial charge in [0.1, 0.15) is 0 Å². The Morgan fingerprint density at radius 1 is 1.15 bits per heavy atom. The van der Waals surface area contributed by atoms with Gasteiger partial charge in [0.05, 0.1) is 11.5 Å². The van der Waals surface area contributed by atoms with Crippen LogP contribution in [-0.4, -0.2) is 42.7 Å². The van der Waals surface area contributed by atoms with Crippen LogP contribution in [0.15, 0.2) is 24.3 Å². The summed E-state index contributed by atoms with van der Waals surface area (Å²) in [6.45, 7) is 0.440. The van der Waals surface area contributed by atoms with Crippen molar-refractivity contribution in [2.75, 3.05) is 12.1 Å². The number of benzene rings is 1. The first-order valence-electron chi connectivity index (χ1n) is 9.66. The maximum absolute atomic E-state index is 12.8. The van der Waals surface area contributed by atoms with Crippen molar-refractivity contribution in [3.63, 3.8) is 0 Å². The molecule has 4 bridgehead atoms. The van der Waals surface area contributed by atoms with E-state index in [1.165, 1.54) is 12.7 Å². The quantitative estimate of drug-likeness (QED) is 0.683. The molecule has 1 amide bonds. The first kappa shape index (κ1) is 18.9. The van der Waals surface area contributed by atoms with E-state index in [0.717, 1.165) is 31.2 Å². The zero-order chi connectivity index (χ0) is 19.3. The lowest BCUT2D eigenvalue weighted by Gasteiger charge is -2.60. The molecule has 0 heterocycles. The van der Waals surface area contributed by atoms with Gasteiger partial charge in [-0.15, -0.1) is 0 Å². The molecule has 2 atom stereocenters. The van der Waals surface area contributed by atoms with Gasteiger partial charge in [0.25, 0.3) is 5.91 Å². The second-order valence-electron chi connectivity index (χ2n) is 9.11. The van der Waals surface area contributed by atoms with Crippen molar-refractivity contribution in [1.29, 1.82) is 0 Å². The number of hydrogen-bond acceptors (Lipinski definition) is 5. The fourth-order valence-corrected chi connectivity index (χ4v) is 6.30. The van der Waals surface area contributed by atoms with Crippen LogP contribution in [0, 0.1) is 11.8 Å². The van der Waals surface area contributed by atoms with Crippen molar-refractivity contribution >= 4 is 15.7 Å². The third-order valence-electron chi connectivity index (χ3n) is 6.32. The number of carbonyl (C=O) groups is 1. The molecule has 4 fully saturated rings. The second-order valence-corrected chi connectivity index (χ2v) is 11.3. The summed E-state index contributed by atoms with van der Waals surface area (Å²) in [6, 6.07) is 7.25. The topological polar surface area (TPSA) is 95.5 Å². The minimum Gasteiger partial charge on any atom is -0.390 e. The maximum Gasteiger partial charge on any atom is 0.251 e. The van der Waals surface area contributed by atoms with Crippen molar-refractivity contribution in [1.82, 2.24) is 10.6 Å². The third-order valence-corrected chi connectivity index (χ3v) is 7.05. The van der Waals surface area contributed by atoms with Crippen LogP contribution in [0.1, 0.15) is 54.4 Å². The van der Waals surface area contributed by atoms with E-state index in [9.17, 15) is 18.3 Å². The van der Waals surface area contributed by atoms with Gasteiger partial charge in [-0.25, -0.2) is 8.42 Å². The van der Waals surface area contributed by atoms with Crippen molar-refractivity contribution < 1.29 is 18.3 Å². The Labute approximate surface area is 160 Å². The van der Waals surface area contributed by atoms with E-state index in [2.05, 4.69) is 10.6 Å². The standard InChI is InChI=1S/C20H28N2O4S/c1-27(25,26)13-21-11-14-2-4-17(5-3-14)18(23)22-19-7-15-6-16(8-19)10-20(24,9-15)12-19/h2-5,15-16,21,24H,6-13H2,1H3,(H,22,23). The van der Waals surface area contributed by atoms with Gasteiger partial charge >= 0.3 is 0 Å². The molecule has 4 aliphatic carbocycles. The van der Waals surface area contributed by atoms with E-state index < -0.39 is 15.4 Å². The van der Waals surface area contributed by atoms with Gasteiger partial charge in [0, 0.05) is 23.9 Å². The van der Waals surface area contributed by atoms with Crippen LogP contribution in [0.4, 0.5) is 0 Å². The summed E-state index contributed by atoms with van der Waals surface area (Å²) >= 11 is 0. The van der Waals surface area contributed by atoms with Crippen LogP contribution in [0.25, 0.3) is 0 Å². The monoisotopic (exact) mass is 392 g/mol. The SMILES string of the molecule is CS(=O)(=O)CNCc1ccc(C(=O)NC23CC4CC(CC(O)(C4)C2)C3)cc1. The summed E-state index contributed by atoms with van der Waals surface area (Å²) < 4.78 is 22.3. The van der Waals surface area contributed by atoms with Gasteiger partial charge < -0.3 is 10.4 Å². The van der Waals surface area contributed by atoms with Crippen LogP contribution in [0.5, 0.6) is 0 Å². The molecule has 4 saturated carbocycles. The Morgan fingerprint density at radius 2 is 1.78 bits per heavy atom. The summed E-state index contributed by atoms with van der Waals surface area (Å²) in [5.41, 5.74) is 0.682. The highest BCUT2D eigenvalue weighted by atomic mass is 32.2. The van der Waals surface area contributed by atoms with Crippen LogP contribution in [0.2, 0.25) is 0 Å². The first-order valence-corrected chi connectivity index (χ1v) is 11.7. The molecule has 0 spiro atoms. The molecule has 0 radical (unpaired) electrons. The van der Waals surface area contributed by atoms with E-state index in [0.29, 0.717) is 30.4 Å². The molecule has 2 unspecified atom stereocenters. The van der Waals surface area contributed by atoms with E-state index >= 15 is 0 Å². The fourth-order valence-electron chi connectivity index (χ4n) is 5.83. The summed E-state index contributed by atoms with van der Waals surface area (Å²) in [5.74, 6) is 0.902. The lowest BCUT2D eigenvalue weighted by atomic mass is 9.51. The highest BCUT2D eigenvalue weighted by Crippen LogP contribution is 2.57. The number of nitrogens with one attached hydrogen (secondary N) is 2. The van der Waals surface area contributed by atoms with Gasteiger partial charge in [-0.05, 0) is 68.1 Å².